The summed E-state index contributed by atoms with van der Waals surface area (Å²) in [5, 5.41) is 4.52. The van der Waals surface area contributed by atoms with Gasteiger partial charge in [-0.15, -0.1) is 0 Å². The molecule has 0 saturated carbocycles. The number of anilines is 1. The number of rotatable bonds is 4. The van der Waals surface area contributed by atoms with Crippen molar-refractivity contribution in [3.8, 4) is 0 Å². The molecule has 0 amide bonds. The average Bonchev–Trinajstić information content (AvgIpc) is 2.36. The standard InChI is InChI=1S/C16H22N2/c1-5-12-7-6-8-14-15(17-4)10-13(9-11(2)3)18-16(12)14/h6-8,10-11H,5,9H2,1-4H3,(H,17,18). The number of benzene rings is 1. The van der Waals surface area contributed by atoms with Crippen LogP contribution in [0.5, 0.6) is 0 Å². The lowest BCUT2D eigenvalue weighted by Crippen LogP contribution is -2.01. The minimum absolute atomic E-state index is 0.633. The third-order valence-electron chi connectivity index (χ3n) is 3.24. The van der Waals surface area contributed by atoms with Crippen LogP contribution >= 0.6 is 0 Å². The number of aryl methyl sites for hydroxylation is 1. The van der Waals surface area contributed by atoms with Crippen LogP contribution in [0.2, 0.25) is 0 Å². The molecule has 0 saturated heterocycles. The lowest BCUT2D eigenvalue weighted by Gasteiger charge is -2.12. The van der Waals surface area contributed by atoms with E-state index in [-0.39, 0.29) is 0 Å². The third-order valence-corrected chi connectivity index (χ3v) is 3.24. The Labute approximate surface area is 109 Å². The molecule has 96 valence electrons. The first kappa shape index (κ1) is 12.9. The zero-order valence-corrected chi connectivity index (χ0v) is 11.7. The summed E-state index contributed by atoms with van der Waals surface area (Å²) >= 11 is 0. The molecule has 0 spiro atoms. The summed E-state index contributed by atoms with van der Waals surface area (Å²) in [5.74, 6) is 0.633. The highest BCUT2D eigenvalue weighted by Crippen LogP contribution is 2.26. The van der Waals surface area contributed by atoms with Crippen LogP contribution in [-0.4, -0.2) is 12.0 Å². The first-order valence-corrected chi connectivity index (χ1v) is 6.75. The molecule has 0 atom stereocenters. The maximum absolute atomic E-state index is 4.85. The van der Waals surface area contributed by atoms with E-state index in [0.717, 1.165) is 18.4 Å². The van der Waals surface area contributed by atoms with Crippen LogP contribution in [-0.2, 0) is 12.8 Å². The van der Waals surface area contributed by atoms with Crippen molar-refractivity contribution in [1.29, 1.82) is 0 Å². The van der Waals surface area contributed by atoms with Crippen molar-refractivity contribution in [1.82, 2.24) is 4.98 Å². The number of pyridine rings is 1. The first-order valence-electron chi connectivity index (χ1n) is 6.75. The Kier molecular flexibility index (Phi) is 3.85. The Balaban J connectivity index is 2.64. The fraction of sp³-hybridized carbons (Fsp3) is 0.438. The van der Waals surface area contributed by atoms with E-state index in [1.165, 1.54) is 22.3 Å². The lowest BCUT2D eigenvalue weighted by molar-refractivity contribution is 0.637. The summed E-state index contributed by atoms with van der Waals surface area (Å²) in [6, 6.07) is 8.62. The number of nitrogens with one attached hydrogen (secondary N) is 1. The monoisotopic (exact) mass is 242 g/mol. The summed E-state index contributed by atoms with van der Waals surface area (Å²) in [6.45, 7) is 6.65. The Morgan fingerprint density at radius 3 is 2.67 bits per heavy atom. The smallest absolute Gasteiger partial charge is 0.0757 e. The molecule has 0 bridgehead atoms. The Morgan fingerprint density at radius 2 is 2.06 bits per heavy atom. The molecule has 2 heteroatoms. The van der Waals surface area contributed by atoms with Crippen molar-refractivity contribution in [3.63, 3.8) is 0 Å². The maximum atomic E-state index is 4.85. The van der Waals surface area contributed by atoms with Gasteiger partial charge in [-0.3, -0.25) is 4.98 Å². The van der Waals surface area contributed by atoms with Gasteiger partial charge in [-0.2, -0.15) is 0 Å². The van der Waals surface area contributed by atoms with Crippen molar-refractivity contribution in [2.45, 2.75) is 33.6 Å². The highest BCUT2D eigenvalue weighted by molar-refractivity contribution is 5.93. The molecule has 1 heterocycles. The van der Waals surface area contributed by atoms with Gasteiger partial charge in [0, 0.05) is 23.8 Å². The average molecular weight is 242 g/mol. The van der Waals surface area contributed by atoms with Gasteiger partial charge in [-0.25, -0.2) is 0 Å². The predicted molar refractivity (Wildman–Crippen MR) is 79.2 cm³/mol. The van der Waals surface area contributed by atoms with Crippen LogP contribution in [0.4, 0.5) is 5.69 Å². The molecule has 2 aromatic rings. The topological polar surface area (TPSA) is 24.9 Å². The van der Waals surface area contributed by atoms with Gasteiger partial charge in [0.05, 0.1) is 5.52 Å². The van der Waals surface area contributed by atoms with E-state index in [1.54, 1.807) is 0 Å². The van der Waals surface area contributed by atoms with Gasteiger partial charge in [-0.1, -0.05) is 39.0 Å². The minimum atomic E-state index is 0.633. The van der Waals surface area contributed by atoms with E-state index in [9.17, 15) is 0 Å². The lowest BCUT2D eigenvalue weighted by atomic mass is 10.0. The normalized spacial score (nSPS) is 11.2. The number of para-hydroxylation sites is 1. The van der Waals surface area contributed by atoms with E-state index in [4.69, 9.17) is 4.98 Å². The zero-order chi connectivity index (χ0) is 13.1. The summed E-state index contributed by atoms with van der Waals surface area (Å²) in [5.41, 5.74) is 4.85. The molecule has 0 aliphatic rings. The molecule has 1 aromatic heterocycles. The van der Waals surface area contributed by atoms with Crippen molar-refractivity contribution < 1.29 is 0 Å². The van der Waals surface area contributed by atoms with Gasteiger partial charge >= 0.3 is 0 Å². The quantitative estimate of drug-likeness (QED) is 0.875. The SMILES string of the molecule is CCc1cccc2c(NC)cc(CC(C)C)nc12. The maximum Gasteiger partial charge on any atom is 0.0757 e. The van der Waals surface area contributed by atoms with Crippen molar-refractivity contribution in [2.24, 2.45) is 5.92 Å². The number of hydrogen-bond donors (Lipinski definition) is 1. The molecule has 2 nitrogen and oxygen atoms in total. The highest BCUT2D eigenvalue weighted by Gasteiger charge is 2.08. The Morgan fingerprint density at radius 1 is 1.28 bits per heavy atom. The summed E-state index contributed by atoms with van der Waals surface area (Å²) < 4.78 is 0. The third kappa shape index (κ3) is 2.47. The van der Waals surface area contributed by atoms with Gasteiger partial charge in [-0.05, 0) is 30.4 Å². The second kappa shape index (κ2) is 5.38. The van der Waals surface area contributed by atoms with Gasteiger partial charge in [0.25, 0.3) is 0 Å². The second-order valence-corrected chi connectivity index (χ2v) is 5.18. The van der Waals surface area contributed by atoms with Gasteiger partial charge in [0.2, 0.25) is 0 Å². The fourth-order valence-corrected chi connectivity index (χ4v) is 2.38. The molecular weight excluding hydrogens is 220 g/mol. The van der Waals surface area contributed by atoms with Crippen LogP contribution < -0.4 is 5.32 Å². The van der Waals surface area contributed by atoms with E-state index < -0.39 is 0 Å². The molecule has 1 N–H and O–H groups in total. The molecule has 0 aliphatic carbocycles. The zero-order valence-electron chi connectivity index (χ0n) is 11.7. The molecule has 18 heavy (non-hydrogen) atoms. The number of nitrogens with zero attached hydrogens (tertiary/aromatic N) is 1. The van der Waals surface area contributed by atoms with Crippen molar-refractivity contribution in [3.05, 3.63) is 35.5 Å². The summed E-state index contributed by atoms with van der Waals surface area (Å²) in [6.07, 6.45) is 2.06. The fourth-order valence-electron chi connectivity index (χ4n) is 2.38. The van der Waals surface area contributed by atoms with Crippen LogP contribution in [0.25, 0.3) is 10.9 Å². The van der Waals surface area contributed by atoms with Gasteiger partial charge in [0.1, 0.15) is 0 Å². The summed E-state index contributed by atoms with van der Waals surface area (Å²) in [4.78, 5) is 4.85. The van der Waals surface area contributed by atoms with Crippen molar-refractivity contribution in [2.75, 3.05) is 12.4 Å². The summed E-state index contributed by atoms with van der Waals surface area (Å²) in [7, 11) is 1.98. The number of hydrogen-bond acceptors (Lipinski definition) is 2. The van der Waals surface area contributed by atoms with Crippen LogP contribution in [0.1, 0.15) is 32.0 Å². The molecule has 0 fully saturated rings. The van der Waals surface area contributed by atoms with Crippen LogP contribution in [0.15, 0.2) is 24.3 Å². The largest absolute Gasteiger partial charge is 0.388 e. The Bertz CT molecular complexity index is 544. The van der Waals surface area contributed by atoms with E-state index >= 15 is 0 Å². The first-order chi connectivity index (χ1) is 8.65. The van der Waals surface area contributed by atoms with Crippen LogP contribution in [0, 0.1) is 5.92 Å². The Hall–Kier alpha value is -1.57. The second-order valence-electron chi connectivity index (χ2n) is 5.18. The number of aromatic nitrogens is 1. The molecule has 0 unspecified atom stereocenters. The molecule has 2 rings (SSSR count). The number of fused-ring (bicyclic) bond motifs is 1. The van der Waals surface area contributed by atoms with Crippen LogP contribution in [0.3, 0.4) is 0 Å². The van der Waals surface area contributed by atoms with E-state index in [1.807, 2.05) is 7.05 Å². The molecule has 0 radical (unpaired) electrons. The highest BCUT2D eigenvalue weighted by atomic mass is 14.8. The molecule has 1 aromatic carbocycles. The van der Waals surface area contributed by atoms with E-state index in [0.29, 0.717) is 5.92 Å². The van der Waals surface area contributed by atoms with Crippen molar-refractivity contribution >= 4 is 16.6 Å². The molecule has 0 aliphatic heterocycles. The van der Waals surface area contributed by atoms with E-state index in [2.05, 4.69) is 50.4 Å². The van der Waals surface area contributed by atoms with Gasteiger partial charge in [0.15, 0.2) is 0 Å². The predicted octanol–water partition coefficient (Wildman–Crippen LogP) is 4.04. The van der Waals surface area contributed by atoms with Gasteiger partial charge < -0.3 is 5.32 Å². The minimum Gasteiger partial charge on any atom is -0.388 e. The molecular formula is C16H22N2.